The number of anilines is 1. The third kappa shape index (κ3) is 1.12. The summed E-state index contributed by atoms with van der Waals surface area (Å²) in [7, 11) is 0. The maximum absolute atomic E-state index is 8.85. The van der Waals surface area contributed by atoms with E-state index in [0.717, 1.165) is 16.6 Å². The second-order valence-corrected chi connectivity index (χ2v) is 3.31. The number of para-hydroxylation sites is 1. The first kappa shape index (κ1) is 8.64. The molecule has 0 saturated heterocycles. The number of nitrogen functional groups attached to an aromatic ring is 1. The Morgan fingerprint density at radius 3 is 2.93 bits per heavy atom. The summed E-state index contributed by atoms with van der Waals surface area (Å²) in [6.07, 6.45) is 1.90. The van der Waals surface area contributed by atoms with Crippen LogP contribution < -0.4 is 5.73 Å². The van der Waals surface area contributed by atoms with E-state index >= 15 is 0 Å². The number of nitrogens with zero attached hydrogens (tertiary/aromatic N) is 2. The molecule has 0 amide bonds. The number of nitriles is 1. The molecule has 1 aromatic carbocycles. The molecule has 0 aliphatic heterocycles. The molecule has 70 valence electrons. The molecule has 0 bridgehead atoms. The third-order valence-corrected chi connectivity index (χ3v) is 2.38. The van der Waals surface area contributed by atoms with Crippen LogP contribution in [0.1, 0.15) is 13.0 Å². The lowest BCUT2D eigenvalue weighted by molar-refractivity contribution is 0.701. The highest BCUT2D eigenvalue weighted by molar-refractivity contribution is 5.90. The minimum atomic E-state index is -0.183. The average Bonchev–Trinajstić information content (AvgIpc) is 2.62. The van der Waals surface area contributed by atoms with Crippen molar-refractivity contribution >= 4 is 16.6 Å². The molecule has 2 N–H and O–H groups in total. The van der Waals surface area contributed by atoms with Crippen molar-refractivity contribution in [3.05, 3.63) is 30.5 Å². The Morgan fingerprint density at radius 2 is 2.21 bits per heavy atom. The highest BCUT2D eigenvalue weighted by Crippen LogP contribution is 2.24. The first-order chi connectivity index (χ1) is 6.74. The number of rotatable bonds is 1. The van der Waals surface area contributed by atoms with E-state index in [1.165, 1.54) is 0 Å². The van der Waals surface area contributed by atoms with Crippen LogP contribution in [0.4, 0.5) is 5.69 Å². The molecule has 0 aliphatic rings. The van der Waals surface area contributed by atoms with Crippen molar-refractivity contribution in [3.8, 4) is 6.07 Å². The molecule has 0 radical (unpaired) electrons. The molecule has 1 atom stereocenters. The first-order valence-corrected chi connectivity index (χ1v) is 4.48. The van der Waals surface area contributed by atoms with Crippen LogP contribution in [0.5, 0.6) is 0 Å². The lowest BCUT2D eigenvalue weighted by atomic mass is 10.2. The van der Waals surface area contributed by atoms with Gasteiger partial charge >= 0.3 is 0 Å². The largest absolute Gasteiger partial charge is 0.397 e. The summed E-state index contributed by atoms with van der Waals surface area (Å²) in [5, 5.41) is 9.92. The highest BCUT2D eigenvalue weighted by Gasteiger charge is 2.08. The van der Waals surface area contributed by atoms with E-state index in [1.807, 2.05) is 42.0 Å². The van der Waals surface area contributed by atoms with Gasteiger partial charge in [0.15, 0.2) is 0 Å². The maximum Gasteiger partial charge on any atom is 0.118 e. The Labute approximate surface area is 82.4 Å². The van der Waals surface area contributed by atoms with Gasteiger partial charge < -0.3 is 10.3 Å². The lowest BCUT2D eigenvalue weighted by Crippen LogP contribution is -2.02. The molecule has 0 saturated carbocycles. The average molecular weight is 185 g/mol. The van der Waals surface area contributed by atoms with Gasteiger partial charge in [0.2, 0.25) is 0 Å². The zero-order chi connectivity index (χ0) is 10.1. The van der Waals surface area contributed by atoms with Gasteiger partial charge in [0, 0.05) is 11.6 Å². The molecule has 1 unspecified atom stereocenters. The highest BCUT2D eigenvalue weighted by atomic mass is 15.0. The molecule has 0 aliphatic carbocycles. The van der Waals surface area contributed by atoms with Crippen molar-refractivity contribution in [3.63, 3.8) is 0 Å². The van der Waals surface area contributed by atoms with Gasteiger partial charge in [0.05, 0.1) is 17.3 Å². The summed E-state index contributed by atoms with van der Waals surface area (Å²) < 4.78 is 1.89. The summed E-state index contributed by atoms with van der Waals surface area (Å²) in [4.78, 5) is 0. The van der Waals surface area contributed by atoms with Gasteiger partial charge in [-0.3, -0.25) is 0 Å². The zero-order valence-corrected chi connectivity index (χ0v) is 7.94. The molecule has 1 heterocycles. The van der Waals surface area contributed by atoms with Crippen molar-refractivity contribution < 1.29 is 0 Å². The van der Waals surface area contributed by atoms with Gasteiger partial charge in [-0.2, -0.15) is 5.26 Å². The Morgan fingerprint density at radius 1 is 1.43 bits per heavy atom. The van der Waals surface area contributed by atoms with E-state index in [0.29, 0.717) is 0 Å². The number of aromatic nitrogens is 1. The number of hydrogen-bond acceptors (Lipinski definition) is 2. The van der Waals surface area contributed by atoms with E-state index < -0.39 is 0 Å². The summed E-state index contributed by atoms with van der Waals surface area (Å²) >= 11 is 0. The molecule has 2 rings (SSSR count). The van der Waals surface area contributed by atoms with Gasteiger partial charge in [-0.1, -0.05) is 12.1 Å². The molecule has 0 fully saturated rings. The number of nitrogens with two attached hydrogens (primary N) is 1. The molecule has 0 spiro atoms. The second kappa shape index (κ2) is 3.08. The predicted octanol–water partition coefficient (Wildman–Crippen LogP) is 2.31. The fraction of sp³-hybridized carbons (Fsp3) is 0.182. The Hall–Kier alpha value is -1.95. The summed E-state index contributed by atoms with van der Waals surface area (Å²) in [6, 6.07) is 9.74. The Balaban J connectivity index is 2.74. The summed E-state index contributed by atoms with van der Waals surface area (Å²) in [6.45, 7) is 1.85. The molecule has 3 nitrogen and oxygen atoms in total. The normalized spacial score (nSPS) is 12.6. The van der Waals surface area contributed by atoms with Gasteiger partial charge in [0.1, 0.15) is 6.04 Å². The number of benzene rings is 1. The molecule has 1 aromatic heterocycles. The Bertz CT molecular complexity index is 505. The van der Waals surface area contributed by atoms with Crippen molar-refractivity contribution in [1.29, 1.82) is 5.26 Å². The topological polar surface area (TPSA) is 54.7 Å². The lowest BCUT2D eigenvalue weighted by Gasteiger charge is -2.08. The minimum absolute atomic E-state index is 0.183. The summed E-state index contributed by atoms with van der Waals surface area (Å²) in [5.41, 5.74) is 7.53. The minimum Gasteiger partial charge on any atom is -0.397 e. The molecule has 3 heteroatoms. The van der Waals surface area contributed by atoms with Crippen molar-refractivity contribution in [2.75, 3.05) is 5.73 Å². The predicted molar refractivity (Wildman–Crippen MR) is 56.7 cm³/mol. The summed E-state index contributed by atoms with van der Waals surface area (Å²) in [5.74, 6) is 0. The van der Waals surface area contributed by atoms with E-state index in [1.54, 1.807) is 0 Å². The van der Waals surface area contributed by atoms with Crippen LogP contribution in [0.2, 0.25) is 0 Å². The standard InChI is InChI=1S/C11H11N3/c1-8(7-12)14-6-5-9-3-2-4-10(13)11(9)14/h2-6,8H,13H2,1H3. The van der Waals surface area contributed by atoms with Crippen LogP contribution in [0.3, 0.4) is 0 Å². The molecule has 14 heavy (non-hydrogen) atoms. The van der Waals surface area contributed by atoms with Crippen LogP contribution in [0.15, 0.2) is 30.5 Å². The molecule has 2 aromatic rings. The second-order valence-electron chi connectivity index (χ2n) is 3.31. The SMILES string of the molecule is CC(C#N)n1ccc2cccc(N)c21. The van der Waals surface area contributed by atoms with Crippen LogP contribution in [-0.4, -0.2) is 4.57 Å². The van der Waals surface area contributed by atoms with Crippen LogP contribution in [0.25, 0.3) is 10.9 Å². The Kier molecular flexibility index (Phi) is 1.90. The number of fused-ring (bicyclic) bond motifs is 1. The van der Waals surface area contributed by atoms with E-state index in [9.17, 15) is 0 Å². The van der Waals surface area contributed by atoms with Crippen molar-refractivity contribution in [2.24, 2.45) is 0 Å². The fourth-order valence-electron chi connectivity index (χ4n) is 1.63. The van der Waals surface area contributed by atoms with E-state index in [4.69, 9.17) is 11.0 Å². The fourth-order valence-corrected chi connectivity index (χ4v) is 1.63. The molecular formula is C11H11N3. The van der Waals surface area contributed by atoms with Crippen LogP contribution in [-0.2, 0) is 0 Å². The van der Waals surface area contributed by atoms with Crippen LogP contribution >= 0.6 is 0 Å². The number of hydrogen-bond donors (Lipinski definition) is 1. The molecular weight excluding hydrogens is 174 g/mol. The zero-order valence-electron chi connectivity index (χ0n) is 7.94. The quantitative estimate of drug-likeness (QED) is 0.693. The van der Waals surface area contributed by atoms with Gasteiger partial charge in [-0.05, 0) is 19.1 Å². The third-order valence-electron chi connectivity index (χ3n) is 2.38. The first-order valence-electron chi connectivity index (χ1n) is 4.48. The smallest absolute Gasteiger partial charge is 0.118 e. The van der Waals surface area contributed by atoms with Crippen molar-refractivity contribution in [2.45, 2.75) is 13.0 Å². The van der Waals surface area contributed by atoms with Gasteiger partial charge in [-0.25, -0.2) is 0 Å². The maximum atomic E-state index is 8.85. The van der Waals surface area contributed by atoms with Gasteiger partial charge in [0.25, 0.3) is 0 Å². The van der Waals surface area contributed by atoms with E-state index in [2.05, 4.69) is 6.07 Å². The van der Waals surface area contributed by atoms with Gasteiger partial charge in [-0.15, -0.1) is 0 Å². The van der Waals surface area contributed by atoms with E-state index in [-0.39, 0.29) is 6.04 Å². The monoisotopic (exact) mass is 185 g/mol. The van der Waals surface area contributed by atoms with Crippen LogP contribution in [0, 0.1) is 11.3 Å². The van der Waals surface area contributed by atoms with Crippen molar-refractivity contribution in [1.82, 2.24) is 4.57 Å².